The molecule has 168 valence electrons. The number of anilines is 1. The van der Waals surface area contributed by atoms with E-state index < -0.39 is 10.0 Å². The molecule has 2 aromatic carbocycles. The van der Waals surface area contributed by atoms with E-state index in [0.717, 1.165) is 31.0 Å². The number of amides is 1. The number of nitrogens with one attached hydrogen (secondary N) is 1. The minimum atomic E-state index is -3.67. The summed E-state index contributed by atoms with van der Waals surface area (Å²) in [4.78, 5) is 16.1. The summed E-state index contributed by atoms with van der Waals surface area (Å²) in [5.74, 6) is -0.133. The highest BCUT2D eigenvalue weighted by Crippen LogP contribution is 2.25. The molecule has 1 aliphatic rings. The van der Waals surface area contributed by atoms with E-state index in [-0.39, 0.29) is 10.8 Å². The average Bonchev–Trinajstić information content (AvgIpc) is 3.31. The van der Waals surface area contributed by atoms with Crippen LogP contribution in [0.4, 0.5) is 5.69 Å². The maximum absolute atomic E-state index is 13.1. The Morgan fingerprint density at radius 1 is 1.06 bits per heavy atom. The van der Waals surface area contributed by atoms with Crippen LogP contribution in [0.15, 0.2) is 58.3 Å². The summed E-state index contributed by atoms with van der Waals surface area (Å²) in [5.41, 5.74) is 1.07. The Labute approximate surface area is 190 Å². The molecule has 1 amide bonds. The molecule has 0 atom stereocenters. The molecule has 0 unspecified atom stereocenters. The largest absolute Gasteiger partial charge is 0.352 e. The number of hydrogen-bond donors (Lipinski definition) is 1. The van der Waals surface area contributed by atoms with E-state index >= 15 is 0 Å². The first-order valence-corrected chi connectivity index (χ1v) is 13.4. The van der Waals surface area contributed by atoms with Gasteiger partial charge in [0.2, 0.25) is 0 Å². The van der Waals surface area contributed by atoms with Gasteiger partial charge in [0.05, 0.1) is 10.6 Å². The Bertz CT molecular complexity index is 955. The van der Waals surface area contributed by atoms with E-state index in [1.807, 2.05) is 18.4 Å². The Morgan fingerprint density at radius 3 is 2.29 bits per heavy atom. The van der Waals surface area contributed by atoms with Gasteiger partial charge < -0.3 is 10.2 Å². The van der Waals surface area contributed by atoms with Crippen molar-refractivity contribution in [2.45, 2.75) is 36.0 Å². The van der Waals surface area contributed by atoms with Crippen LogP contribution >= 0.6 is 11.8 Å². The van der Waals surface area contributed by atoms with E-state index in [4.69, 9.17) is 0 Å². The molecule has 1 heterocycles. The van der Waals surface area contributed by atoms with Crippen molar-refractivity contribution < 1.29 is 13.2 Å². The van der Waals surface area contributed by atoms with Gasteiger partial charge in [0.25, 0.3) is 15.9 Å². The van der Waals surface area contributed by atoms with Gasteiger partial charge in [-0.1, -0.05) is 0 Å². The molecule has 0 radical (unpaired) electrons. The highest BCUT2D eigenvalue weighted by molar-refractivity contribution is 7.98. The highest BCUT2D eigenvalue weighted by atomic mass is 32.2. The Hall–Kier alpha value is -2.03. The van der Waals surface area contributed by atoms with Crippen LogP contribution in [-0.4, -0.2) is 58.2 Å². The third-order valence-electron chi connectivity index (χ3n) is 5.49. The van der Waals surface area contributed by atoms with Crippen LogP contribution < -0.4 is 9.62 Å². The second-order valence-electron chi connectivity index (χ2n) is 7.55. The van der Waals surface area contributed by atoms with E-state index in [1.165, 1.54) is 17.1 Å². The minimum absolute atomic E-state index is 0.133. The summed E-state index contributed by atoms with van der Waals surface area (Å²) < 4.78 is 27.6. The first-order valence-electron chi connectivity index (χ1n) is 10.7. The quantitative estimate of drug-likeness (QED) is 0.430. The average molecular weight is 462 g/mol. The molecule has 1 fully saturated rings. The fraction of sp³-hybridized carbons (Fsp3) is 0.435. The first-order chi connectivity index (χ1) is 15.0. The summed E-state index contributed by atoms with van der Waals surface area (Å²) in [5, 5.41) is 2.95. The number of carbonyl (C=O) groups excluding carboxylic acids is 1. The molecule has 0 spiro atoms. The van der Waals surface area contributed by atoms with E-state index in [9.17, 15) is 13.2 Å². The monoisotopic (exact) mass is 461 g/mol. The van der Waals surface area contributed by atoms with Gasteiger partial charge in [-0.05, 0) is 101 Å². The summed E-state index contributed by atoms with van der Waals surface area (Å²) in [6, 6.07) is 13.6. The first kappa shape index (κ1) is 23.6. The molecule has 0 aromatic heterocycles. The number of nitrogens with zero attached hydrogens (tertiary/aromatic N) is 2. The molecule has 2 aromatic rings. The molecule has 1 N–H and O–H groups in total. The number of rotatable bonds is 10. The van der Waals surface area contributed by atoms with Crippen LogP contribution in [0.1, 0.15) is 36.5 Å². The smallest absolute Gasteiger partial charge is 0.264 e. The van der Waals surface area contributed by atoms with Gasteiger partial charge in [-0.2, -0.15) is 0 Å². The van der Waals surface area contributed by atoms with Gasteiger partial charge in [-0.25, -0.2) is 8.42 Å². The molecule has 6 nitrogen and oxygen atoms in total. The summed E-state index contributed by atoms with van der Waals surface area (Å²) in [7, 11) is -3.67. The van der Waals surface area contributed by atoms with Crippen molar-refractivity contribution >= 4 is 33.4 Å². The molecule has 0 bridgehead atoms. The van der Waals surface area contributed by atoms with Gasteiger partial charge in [0, 0.05) is 23.5 Å². The summed E-state index contributed by atoms with van der Waals surface area (Å²) in [6.45, 7) is 6.07. The van der Waals surface area contributed by atoms with Gasteiger partial charge in [-0.3, -0.25) is 9.10 Å². The minimum Gasteiger partial charge on any atom is -0.352 e. The molecule has 31 heavy (non-hydrogen) atoms. The van der Waals surface area contributed by atoms with Crippen LogP contribution in [0.5, 0.6) is 0 Å². The number of benzene rings is 2. The number of carbonyl (C=O) groups is 1. The van der Waals surface area contributed by atoms with Gasteiger partial charge in [-0.15, -0.1) is 11.8 Å². The van der Waals surface area contributed by atoms with Crippen LogP contribution in [0.25, 0.3) is 0 Å². The third-order valence-corrected chi connectivity index (χ3v) is 8.15. The van der Waals surface area contributed by atoms with Gasteiger partial charge >= 0.3 is 0 Å². The predicted molar refractivity (Wildman–Crippen MR) is 127 cm³/mol. The van der Waals surface area contributed by atoms with Crippen molar-refractivity contribution in [3.63, 3.8) is 0 Å². The van der Waals surface area contributed by atoms with Gasteiger partial charge in [0.15, 0.2) is 0 Å². The number of likely N-dealkylation sites (tertiary alicyclic amines) is 1. The maximum atomic E-state index is 13.1. The predicted octanol–water partition coefficient (Wildman–Crippen LogP) is 3.84. The summed E-state index contributed by atoms with van der Waals surface area (Å²) >= 11 is 1.57. The Kier molecular flexibility index (Phi) is 8.40. The van der Waals surface area contributed by atoms with Crippen LogP contribution in [0.3, 0.4) is 0 Å². The zero-order valence-corrected chi connectivity index (χ0v) is 19.8. The maximum Gasteiger partial charge on any atom is 0.264 e. The normalized spacial score (nSPS) is 14.5. The molecule has 1 aliphatic heterocycles. The van der Waals surface area contributed by atoms with Gasteiger partial charge in [0.1, 0.15) is 0 Å². The standard InChI is InChI=1S/C23H31N3O3S2/c1-3-26(31(28,29)22-13-11-21(30-2)12-14-22)20-9-7-19(8-10-20)23(27)24-15-6-18-25-16-4-5-17-25/h7-14H,3-6,15-18H2,1-2H3,(H,24,27). The lowest BCUT2D eigenvalue weighted by Gasteiger charge is -2.23. The zero-order chi connectivity index (χ0) is 22.3. The molecule has 1 saturated heterocycles. The van der Waals surface area contributed by atoms with Crippen LogP contribution in [-0.2, 0) is 10.0 Å². The molecular formula is C23H31N3O3S2. The van der Waals surface area contributed by atoms with Crippen molar-refractivity contribution in [2.24, 2.45) is 0 Å². The Morgan fingerprint density at radius 2 is 1.71 bits per heavy atom. The fourth-order valence-corrected chi connectivity index (χ4v) is 5.64. The van der Waals surface area contributed by atoms with E-state index in [0.29, 0.717) is 24.3 Å². The van der Waals surface area contributed by atoms with Crippen molar-refractivity contribution in [3.8, 4) is 0 Å². The van der Waals surface area contributed by atoms with E-state index in [1.54, 1.807) is 55.1 Å². The lowest BCUT2D eigenvalue weighted by Crippen LogP contribution is -2.31. The van der Waals surface area contributed by atoms with Crippen molar-refractivity contribution in [1.82, 2.24) is 10.2 Å². The molecule has 0 saturated carbocycles. The van der Waals surface area contributed by atoms with E-state index in [2.05, 4.69) is 10.2 Å². The molecule has 3 rings (SSSR count). The lowest BCUT2D eigenvalue weighted by atomic mass is 10.2. The van der Waals surface area contributed by atoms with Crippen molar-refractivity contribution in [2.75, 3.05) is 43.3 Å². The second-order valence-corrected chi connectivity index (χ2v) is 10.3. The topological polar surface area (TPSA) is 69.7 Å². The fourth-order valence-electron chi connectivity index (χ4n) is 3.76. The lowest BCUT2D eigenvalue weighted by molar-refractivity contribution is 0.0952. The van der Waals surface area contributed by atoms with Crippen molar-refractivity contribution in [1.29, 1.82) is 0 Å². The number of sulfonamides is 1. The van der Waals surface area contributed by atoms with Crippen LogP contribution in [0.2, 0.25) is 0 Å². The molecule has 8 heteroatoms. The third kappa shape index (κ3) is 6.02. The highest BCUT2D eigenvalue weighted by Gasteiger charge is 2.23. The second kappa shape index (κ2) is 11.0. The SMILES string of the molecule is CCN(c1ccc(C(=O)NCCCN2CCCC2)cc1)S(=O)(=O)c1ccc(SC)cc1. The molecular weight excluding hydrogens is 430 g/mol. The molecule has 0 aliphatic carbocycles. The summed E-state index contributed by atoms with van der Waals surface area (Å²) in [6.07, 6.45) is 5.42. The number of hydrogen-bond acceptors (Lipinski definition) is 5. The zero-order valence-electron chi connectivity index (χ0n) is 18.2. The van der Waals surface area contributed by atoms with Crippen LogP contribution in [0, 0.1) is 0 Å². The van der Waals surface area contributed by atoms with Crippen molar-refractivity contribution in [3.05, 3.63) is 54.1 Å². The number of thioether (sulfide) groups is 1. The Balaban J connectivity index is 1.61.